The van der Waals surface area contributed by atoms with E-state index in [1.807, 2.05) is 0 Å². The van der Waals surface area contributed by atoms with Crippen LogP contribution in [0.4, 0.5) is 24.5 Å². The average molecular weight is 471 g/mol. The van der Waals surface area contributed by atoms with Crippen LogP contribution in [0.5, 0.6) is 5.75 Å². The fourth-order valence-electron chi connectivity index (χ4n) is 3.17. The number of carbonyl (C=O) groups excluding carboxylic acids is 2. The lowest BCUT2D eigenvalue weighted by molar-refractivity contribution is -0.123. The van der Waals surface area contributed by atoms with Crippen LogP contribution in [0.2, 0.25) is 0 Å². The van der Waals surface area contributed by atoms with Crippen molar-refractivity contribution in [3.63, 3.8) is 0 Å². The van der Waals surface area contributed by atoms with Gasteiger partial charge in [-0.05, 0) is 36.8 Å². The van der Waals surface area contributed by atoms with Gasteiger partial charge in [0.15, 0.2) is 0 Å². The van der Waals surface area contributed by atoms with E-state index in [0.29, 0.717) is 30.8 Å². The van der Waals surface area contributed by atoms with Crippen molar-refractivity contribution in [2.45, 2.75) is 23.9 Å². The smallest absolute Gasteiger partial charge is 0.405 e. The van der Waals surface area contributed by atoms with E-state index in [0.717, 1.165) is 6.07 Å². The number of hydrogen-bond donors (Lipinski definition) is 2. The number of ether oxygens (including phenoxy) is 1. The number of alkyl halides is 3. The lowest BCUT2D eigenvalue weighted by Crippen LogP contribution is -2.33. The Kier molecular flexibility index (Phi) is 6.63. The van der Waals surface area contributed by atoms with Crippen LogP contribution in [-0.4, -0.2) is 46.6 Å². The molecule has 0 aromatic heterocycles. The summed E-state index contributed by atoms with van der Waals surface area (Å²) in [4.78, 5) is 25.2. The molecule has 172 valence electrons. The molecule has 3 rings (SSSR count). The minimum atomic E-state index is -4.59. The molecule has 32 heavy (non-hydrogen) atoms. The molecule has 0 atom stereocenters. The Hall–Kier alpha value is -3.28. The van der Waals surface area contributed by atoms with Crippen LogP contribution in [0.15, 0.2) is 47.4 Å². The molecule has 1 aliphatic heterocycles. The molecule has 0 radical (unpaired) electrons. The minimum absolute atomic E-state index is 0.0581. The summed E-state index contributed by atoms with van der Waals surface area (Å²) < 4.78 is 70.1. The van der Waals surface area contributed by atoms with Gasteiger partial charge < -0.3 is 15.0 Å². The van der Waals surface area contributed by atoms with Gasteiger partial charge in [0.1, 0.15) is 12.3 Å². The first kappa shape index (κ1) is 23.4. The second-order valence-corrected chi connectivity index (χ2v) is 8.65. The van der Waals surface area contributed by atoms with Gasteiger partial charge in [0.2, 0.25) is 5.91 Å². The van der Waals surface area contributed by atoms with Gasteiger partial charge >= 0.3 is 6.18 Å². The van der Waals surface area contributed by atoms with Crippen LogP contribution >= 0.6 is 0 Å². The molecule has 0 spiro atoms. The molecule has 1 saturated heterocycles. The Morgan fingerprint density at radius 3 is 2.56 bits per heavy atom. The predicted molar refractivity (Wildman–Crippen MR) is 110 cm³/mol. The van der Waals surface area contributed by atoms with Crippen molar-refractivity contribution in [1.82, 2.24) is 5.32 Å². The van der Waals surface area contributed by atoms with Crippen LogP contribution in [-0.2, 0) is 14.8 Å². The summed E-state index contributed by atoms with van der Waals surface area (Å²) >= 11 is 0. The summed E-state index contributed by atoms with van der Waals surface area (Å²) in [7, 11) is -2.78. The predicted octanol–water partition coefficient (Wildman–Crippen LogP) is 2.91. The summed E-state index contributed by atoms with van der Waals surface area (Å²) in [5.74, 6) is -0.821. The maximum Gasteiger partial charge on any atom is 0.405 e. The molecule has 2 aromatic carbocycles. The van der Waals surface area contributed by atoms with Gasteiger partial charge in [0.25, 0.3) is 15.9 Å². The van der Waals surface area contributed by atoms with E-state index in [1.54, 1.807) is 16.3 Å². The van der Waals surface area contributed by atoms with Gasteiger partial charge in [-0.25, -0.2) is 8.42 Å². The van der Waals surface area contributed by atoms with Gasteiger partial charge in [0.05, 0.1) is 23.4 Å². The fourth-order valence-corrected chi connectivity index (χ4v) is 4.26. The fraction of sp³-hybridized carbons (Fsp3) is 0.300. The number of nitrogens with zero attached hydrogens (tertiary/aromatic N) is 1. The van der Waals surface area contributed by atoms with Gasteiger partial charge in [-0.3, -0.25) is 14.3 Å². The Morgan fingerprint density at radius 2 is 1.94 bits per heavy atom. The van der Waals surface area contributed by atoms with Crippen LogP contribution in [0.1, 0.15) is 23.2 Å². The lowest BCUT2D eigenvalue weighted by atomic mass is 10.2. The van der Waals surface area contributed by atoms with E-state index >= 15 is 0 Å². The molecular weight excluding hydrogens is 451 g/mol. The van der Waals surface area contributed by atoms with E-state index in [-0.39, 0.29) is 22.1 Å². The number of halogens is 3. The van der Waals surface area contributed by atoms with Crippen LogP contribution < -0.4 is 19.7 Å². The van der Waals surface area contributed by atoms with Crippen molar-refractivity contribution >= 4 is 33.2 Å². The molecule has 0 unspecified atom stereocenters. The highest BCUT2D eigenvalue weighted by Gasteiger charge is 2.28. The zero-order valence-corrected chi connectivity index (χ0v) is 17.7. The number of nitrogens with one attached hydrogen (secondary N) is 2. The Bertz CT molecular complexity index is 1140. The van der Waals surface area contributed by atoms with Crippen molar-refractivity contribution < 1.29 is 35.9 Å². The highest BCUT2D eigenvalue weighted by molar-refractivity contribution is 7.92. The summed E-state index contributed by atoms with van der Waals surface area (Å²) in [6.07, 6.45) is -3.46. The van der Waals surface area contributed by atoms with Crippen LogP contribution in [0, 0.1) is 0 Å². The molecule has 0 bridgehead atoms. The first-order chi connectivity index (χ1) is 15.0. The monoisotopic (exact) mass is 471 g/mol. The molecular formula is C20H20F3N3O5S. The van der Waals surface area contributed by atoms with Crippen molar-refractivity contribution in [1.29, 1.82) is 0 Å². The van der Waals surface area contributed by atoms with E-state index in [9.17, 15) is 31.2 Å². The number of benzene rings is 2. The van der Waals surface area contributed by atoms with Gasteiger partial charge in [0, 0.05) is 24.6 Å². The Morgan fingerprint density at radius 1 is 1.19 bits per heavy atom. The summed E-state index contributed by atoms with van der Waals surface area (Å²) in [5.41, 5.74) is 0.419. The molecule has 1 heterocycles. The Labute approximate surface area is 182 Å². The molecule has 1 aliphatic rings. The standard InChI is InChI=1S/C20H20F3N3O5S/c1-31-17-11-14(7-8-16(17)26-9-3-6-18(26)27)25-32(29,30)15-5-2-4-13(10-15)19(28)24-12-20(21,22)23/h2,4-5,7-8,10-11,25H,3,6,9,12H2,1H3,(H,24,28). The van der Waals surface area contributed by atoms with Crippen LogP contribution in [0.25, 0.3) is 0 Å². The first-order valence-electron chi connectivity index (χ1n) is 9.46. The molecule has 0 saturated carbocycles. The molecule has 2 aromatic rings. The summed E-state index contributed by atoms with van der Waals surface area (Å²) in [6, 6.07) is 9.06. The number of carbonyl (C=O) groups is 2. The molecule has 12 heteroatoms. The third-order valence-corrected chi connectivity index (χ3v) is 6.03. The van der Waals surface area contributed by atoms with Crippen molar-refractivity contribution in [3.05, 3.63) is 48.0 Å². The molecule has 8 nitrogen and oxygen atoms in total. The van der Waals surface area contributed by atoms with Gasteiger partial charge in [-0.2, -0.15) is 13.2 Å². The highest BCUT2D eigenvalue weighted by Crippen LogP contribution is 2.34. The van der Waals surface area contributed by atoms with Gasteiger partial charge in [-0.15, -0.1) is 0 Å². The second kappa shape index (κ2) is 9.07. The lowest BCUT2D eigenvalue weighted by Gasteiger charge is -2.20. The van der Waals surface area contributed by atoms with E-state index in [2.05, 4.69) is 4.72 Å². The van der Waals surface area contributed by atoms with Crippen molar-refractivity contribution in [2.75, 3.05) is 29.8 Å². The van der Waals surface area contributed by atoms with Gasteiger partial charge in [-0.1, -0.05) is 6.07 Å². The number of anilines is 2. The molecule has 0 aliphatic carbocycles. The second-order valence-electron chi connectivity index (χ2n) is 6.97. The molecule has 2 N–H and O–H groups in total. The number of hydrogen-bond acceptors (Lipinski definition) is 5. The number of sulfonamides is 1. The van der Waals surface area contributed by atoms with Crippen LogP contribution in [0.3, 0.4) is 0 Å². The van der Waals surface area contributed by atoms with Crippen molar-refractivity contribution in [2.24, 2.45) is 0 Å². The Balaban J connectivity index is 1.80. The summed E-state index contributed by atoms with van der Waals surface area (Å²) in [6.45, 7) is -1.00. The SMILES string of the molecule is COc1cc(NS(=O)(=O)c2cccc(C(=O)NCC(F)(F)F)c2)ccc1N1CCCC1=O. The molecule has 2 amide bonds. The zero-order chi connectivity index (χ0) is 23.5. The summed E-state index contributed by atoms with van der Waals surface area (Å²) in [5, 5.41) is 1.69. The maximum absolute atomic E-state index is 12.8. The number of amides is 2. The highest BCUT2D eigenvalue weighted by atomic mass is 32.2. The zero-order valence-electron chi connectivity index (χ0n) is 16.9. The third-order valence-electron chi connectivity index (χ3n) is 4.65. The van der Waals surface area contributed by atoms with Crippen molar-refractivity contribution in [3.8, 4) is 5.75 Å². The van der Waals surface area contributed by atoms with E-state index in [1.165, 1.54) is 37.4 Å². The third kappa shape index (κ3) is 5.49. The largest absolute Gasteiger partial charge is 0.494 e. The first-order valence-corrected chi connectivity index (χ1v) is 10.9. The molecule has 1 fully saturated rings. The van der Waals surface area contributed by atoms with E-state index < -0.39 is 28.7 Å². The normalized spacial score (nSPS) is 14.4. The number of rotatable bonds is 7. The topological polar surface area (TPSA) is 105 Å². The maximum atomic E-state index is 12.8. The number of methoxy groups -OCH3 is 1. The minimum Gasteiger partial charge on any atom is -0.494 e. The average Bonchev–Trinajstić information content (AvgIpc) is 3.16. The quantitative estimate of drug-likeness (QED) is 0.646. The van der Waals surface area contributed by atoms with E-state index in [4.69, 9.17) is 4.74 Å².